The lowest BCUT2D eigenvalue weighted by molar-refractivity contribution is 0.452. The van der Waals surface area contributed by atoms with E-state index in [4.69, 9.17) is 0 Å². The summed E-state index contributed by atoms with van der Waals surface area (Å²) in [6.07, 6.45) is 2.22. The van der Waals surface area contributed by atoms with Gasteiger partial charge in [-0.15, -0.1) is 0 Å². The Morgan fingerprint density at radius 1 is 1.12 bits per heavy atom. The normalized spacial score (nSPS) is 10.3. The molecule has 0 aliphatic carbocycles. The molecule has 3 nitrogen and oxygen atoms in total. The lowest BCUT2D eigenvalue weighted by atomic mass is 10.0. The molecule has 0 atom stereocenters. The summed E-state index contributed by atoms with van der Waals surface area (Å²) < 4.78 is 0. The highest BCUT2D eigenvalue weighted by molar-refractivity contribution is 5.45. The van der Waals surface area contributed by atoms with Gasteiger partial charge in [-0.1, -0.05) is 6.07 Å². The van der Waals surface area contributed by atoms with Crippen molar-refractivity contribution in [2.75, 3.05) is 0 Å². The van der Waals surface area contributed by atoms with Crippen molar-refractivity contribution in [1.29, 1.82) is 0 Å². The average molecular weight is 215 g/mol. The van der Waals surface area contributed by atoms with Crippen LogP contribution in [-0.2, 0) is 6.42 Å². The van der Waals surface area contributed by atoms with E-state index in [1.807, 2.05) is 18.2 Å². The Kier molecular flexibility index (Phi) is 2.77. The van der Waals surface area contributed by atoms with Crippen LogP contribution < -0.4 is 0 Å². The summed E-state index contributed by atoms with van der Waals surface area (Å²) in [5.74, 6) is 0.393. The van der Waals surface area contributed by atoms with E-state index >= 15 is 0 Å². The van der Waals surface area contributed by atoms with Crippen molar-refractivity contribution in [3.05, 3.63) is 53.3 Å². The number of phenolic OH excluding ortho intramolecular Hbond substituents is 2. The van der Waals surface area contributed by atoms with Crippen LogP contribution >= 0.6 is 0 Å². The fourth-order valence-corrected chi connectivity index (χ4v) is 1.56. The molecule has 2 rings (SSSR count). The first-order valence-corrected chi connectivity index (χ1v) is 5.08. The van der Waals surface area contributed by atoms with Gasteiger partial charge in [-0.2, -0.15) is 0 Å². The molecule has 0 fully saturated rings. The van der Waals surface area contributed by atoms with Crippen LogP contribution in [0.2, 0.25) is 0 Å². The summed E-state index contributed by atoms with van der Waals surface area (Å²) in [6, 6.07) is 8.77. The van der Waals surface area contributed by atoms with Crippen molar-refractivity contribution in [2.24, 2.45) is 0 Å². The molecule has 16 heavy (non-hydrogen) atoms. The molecular formula is C13H13NO2. The highest BCUT2D eigenvalue weighted by Crippen LogP contribution is 2.27. The Labute approximate surface area is 94.0 Å². The summed E-state index contributed by atoms with van der Waals surface area (Å²) in [5, 5.41) is 19.3. The highest BCUT2D eigenvalue weighted by atomic mass is 16.3. The number of pyridine rings is 1. The van der Waals surface area contributed by atoms with Gasteiger partial charge in [0.25, 0.3) is 0 Å². The smallest absolute Gasteiger partial charge is 0.119 e. The largest absolute Gasteiger partial charge is 0.508 e. The topological polar surface area (TPSA) is 53.4 Å². The molecule has 0 saturated heterocycles. The average Bonchev–Trinajstić information content (AvgIpc) is 2.27. The van der Waals surface area contributed by atoms with Crippen LogP contribution in [0.15, 0.2) is 36.5 Å². The third-order valence-corrected chi connectivity index (χ3v) is 2.49. The van der Waals surface area contributed by atoms with Crippen LogP contribution in [0.4, 0.5) is 0 Å². The highest BCUT2D eigenvalue weighted by Gasteiger charge is 2.07. The molecule has 0 amide bonds. The van der Waals surface area contributed by atoms with E-state index in [2.05, 4.69) is 4.98 Å². The fraction of sp³-hybridized carbons (Fsp3) is 0.154. The summed E-state index contributed by atoms with van der Waals surface area (Å²) in [4.78, 5) is 4.17. The number of phenols is 2. The third-order valence-electron chi connectivity index (χ3n) is 2.49. The van der Waals surface area contributed by atoms with Gasteiger partial charge < -0.3 is 10.2 Å². The maximum absolute atomic E-state index is 9.74. The summed E-state index contributed by atoms with van der Waals surface area (Å²) in [6.45, 7) is 1.75. The number of nitrogens with zero attached hydrogens (tertiary/aromatic N) is 1. The van der Waals surface area contributed by atoms with Gasteiger partial charge in [-0.3, -0.25) is 4.98 Å². The second-order valence-electron chi connectivity index (χ2n) is 3.77. The van der Waals surface area contributed by atoms with Gasteiger partial charge in [-0.05, 0) is 36.8 Å². The Bertz CT molecular complexity index is 495. The monoisotopic (exact) mass is 215 g/mol. The van der Waals surface area contributed by atoms with E-state index in [-0.39, 0.29) is 11.5 Å². The molecule has 0 spiro atoms. The SMILES string of the molecule is Cc1cc(O)c(Cc2ccccn2)cc1O. The second kappa shape index (κ2) is 4.23. The van der Waals surface area contributed by atoms with E-state index in [9.17, 15) is 10.2 Å². The molecule has 0 saturated carbocycles. The summed E-state index contributed by atoms with van der Waals surface area (Å²) >= 11 is 0. The standard InChI is InChI=1S/C13H13NO2/c1-9-6-13(16)10(8-12(9)15)7-11-4-2-3-5-14-11/h2-6,8,15-16H,7H2,1H3. The molecule has 82 valence electrons. The number of aromatic hydroxyl groups is 2. The van der Waals surface area contributed by atoms with Crippen molar-refractivity contribution < 1.29 is 10.2 Å². The quantitative estimate of drug-likeness (QED) is 0.756. The second-order valence-corrected chi connectivity index (χ2v) is 3.77. The first-order chi connectivity index (χ1) is 7.66. The van der Waals surface area contributed by atoms with Crippen LogP contribution in [0.5, 0.6) is 11.5 Å². The van der Waals surface area contributed by atoms with Crippen LogP contribution in [0.3, 0.4) is 0 Å². The van der Waals surface area contributed by atoms with Crippen LogP contribution in [0.25, 0.3) is 0 Å². The molecule has 0 aliphatic heterocycles. The van der Waals surface area contributed by atoms with Crippen molar-refractivity contribution in [3.8, 4) is 11.5 Å². The van der Waals surface area contributed by atoms with E-state index in [0.29, 0.717) is 17.5 Å². The molecule has 3 heteroatoms. The van der Waals surface area contributed by atoms with Gasteiger partial charge in [-0.25, -0.2) is 0 Å². The molecule has 2 aromatic rings. The number of hydrogen-bond donors (Lipinski definition) is 2. The number of aromatic nitrogens is 1. The molecular weight excluding hydrogens is 202 g/mol. The first kappa shape index (κ1) is 10.5. The Balaban J connectivity index is 2.32. The minimum atomic E-state index is 0.195. The van der Waals surface area contributed by atoms with Gasteiger partial charge in [0, 0.05) is 23.9 Å². The first-order valence-electron chi connectivity index (χ1n) is 5.08. The molecule has 0 aliphatic rings. The lowest BCUT2D eigenvalue weighted by Crippen LogP contribution is -1.92. The molecule has 0 unspecified atom stereocenters. The van der Waals surface area contributed by atoms with Crippen molar-refractivity contribution >= 4 is 0 Å². The molecule has 1 aromatic heterocycles. The molecule has 2 N–H and O–H groups in total. The number of aryl methyl sites for hydroxylation is 1. The Hall–Kier alpha value is -2.03. The predicted octanol–water partition coefficient (Wildman–Crippen LogP) is 2.39. The number of rotatable bonds is 2. The van der Waals surface area contributed by atoms with Gasteiger partial charge in [0.1, 0.15) is 11.5 Å². The van der Waals surface area contributed by atoms with Crippen molar-refractivity contribution in [1.82, 2.24) is 4.98 Å². The summed E-state index contributed by atoms with van der Waals surface area (Å²) in [7, 11) is 0. The fourth-order valence-electron chi connectivity index (χ4n) is 1.56. The zero-order valence-electron chi connectivity index (χ0n) is 9.01. The van der Waals surface area contributed by atoms with Gasteiger partial charge >= 0.3 is 0 Å². The number of hydrogen-bond acceptors (Lipinski definition) is 3. The molecule has 1 heterocycles. The maximum Gasteiger partial charge on any atom is 0.119 e. The third kappa shape index (κ3) is 2.14. The van der Waals surface area contributed by atoms with Crippen molar-refractivity contribution in [3.63, 3.8) is 0 Å². The predicted molar refractivity (Wildman–Crippen MR) is 61.6 cm³/mol. The van der Waals surface area contributed by atoms with Crippen LogP contribution in [0, 0.1) is 6.92 Å². The van der Waals surface area contributed by atoms with Gasteiger partial charge in [0.15, 0.2) is 0 Å². The summed E-state index contributed by atoms with van der Waals surface area (Å²) in [5.41, 5.74) is 2.21. The lowest BCUT2D eigenvalue weighted by Gasteiger charge is -2.07. The Morgan fingerprint density at radius 2 is 1.94 bits per heavy atom. The molecule has 0 radical (unpaired) electrons. The zero-order chi connectivity index (χ0) is 11.5. The van der Waals surface area contributed by atoms with E-state index in [1.165, 1.54) is 0 Å². The van der Waals surface area contributed by atoms with E-state index in [1.54, 1.807) is 25.3 Å². The van der Waals surface area contributed by atoms with E-state index in [0.717, 1.165) is 5.69 Å². The van der Waals surface area contributed by atoms with Gasteiger partial charge in [0.05, 0.1) is 0 Å². The van der Waals surface area contributed by atoms with Crippen LogP contribution in [0.1, 0.15) is 16.8 Å². The minimum absolute atomic E-state index is 0.195. The maximum atomic E-state index is 9.74. The molecule has 0 bridgehead atoms. The van der Waals surface area contributed by atoms with Crippen LogP contribution in [-0.4, -0.2) is 15.2 Å². The van der Waals surface area contributed by atoms with Gasteiger partial charge in [0.2, 0.25) is 0 Å². The Morgan fingerprint density at radius 3 is 2.62 bits per heavy atom. The molecule has 1 aromatic carbocycles. The van der Waals surface area contributed by atoms with E-state index < -0.39 is 0 Å². The zero-order valence-corrected chi connectivity index (χ0v) is 9.01. The van der Waals surface area contributed by atoms with Crippen molar-refractivity contribution in [2.45, 2.75) is 13.3 Å². The minimum Gasteiger partial charge on any atom is -0.508 e. The number of benzene rings is 1.